The number of carbonyl (C=O) groups is 1. The molecule has 2 rings (SSSR count). The van der Waals surface area contributed by atoms with Crippen LogP contribution < -0.4 is 14.8 Å². The maximum Gasteiger partial charge on any atom is 0.262 e. The lowest BCUT2D eigenvalue weighted by Crippen LogP contribution is -2.24. The Morgan fingerprint density at radius 1 is 1.15 bits per heavy atom. The van der Waals surface area contributed by atoms with Crippen LogP contribution in [0.2, 0.25) is 10.0 Å². The standard InChI is InChI=1S/C18H20Cl2N2O4S/c1-3-8-21-27(24,25)14-5-7-17(12(2)9-14)26-11-18(23)22-16-6-4-13(19)10-15(16)20/h4-7,9-10,21H,3,8,11H2,1-2H3,(H,22,23). The smallest absolute Gasteiger partial charge is 0.262 e. The number of halogens is 2. The van der Waals surface area contributed by atoms with Gasteiger partial charge in [0, 0.05) is 11.6 Å². The average molecular weight is 431 g/mol. The van der Waals surface area contributed by atoms with Gasteiger partial charge in [-0.2, -0.15) is 0 Å². The quantitative estimate of drug-likeness (QED) is 0.662. The minimum Gasteiger partial charge on any atom is -0.483 e. The number of aryl methyl sites for hydroxylation is 1. The lowest BCUT2D eigenvalue weighted by molar-refractivity contribution is -0.118. The summed E-state index contributed by atoms with van der Waals surface area (Å²) in [5, 5.41) is 3.41. The molecule has 2 aromatic carbocycles. The van der Waals surface area contributed by atoms with Gasteiger partial charge in [0.15, 0.2) is 6.61 Å². The van der Waals surface area contributed by atoms with Gasteiger partial charge in [-0.25, -0.2) is 13.1 Å². The first-order valence-electron chi connectivity index (χ1n) is 8.21. The summed E-state index contributed by atoms with van der Waals surface area (Å²) in [5.41, 5.74) is 1.03. The van der Waals surface area contributed by atoms with Crippen molar-refractivity contribution in [2.75, 3.05) is 18.5 Å². The Kier molecular flexibility index (Phi) is 7.49. The van der Waals surface area contributed by atoms with E-state index < -0.39 is 15.9 Å². The van der Waals surface area contributed by atoms with Crippen LogP contribution in [-0.4, -0.2) is 27.5 Å². The van der Waals surface area contributed by atoms with Crippen molar-refractivity contribution < 1.29 is 17.9 Å². The van der Waals surface area contributed by atoms with Crippen LogP contribution in [0.4, 0.5) is 5.69 Å². The van der Waals surface area contributed by atoms with E-state index in [0.717, 1.165) is 0 Å². The summed E-state index contributed by atoms with van der Waals surface area (Å²) in [6.07, 6.45) is 0.701. The minimum atomic E-state index is -3.55. The first-order chi connectivity index (χ1) is 12.7. The third-order valence-electron chi connectivity index (χ3n) is 3.56. The second kappa shape index (κ2) is 9.41. The molecular formula is C18H20Cl2N2O4S. The summed E-state index contributed by atoms with van der Waals surface area (Å²) in [4.78, 5) is 12.2. The van der Waals surface area contributed by atoms with Gasteiger partial charge in [-0.1, -0.05) is 30.1 Å². The van der Waals surface area contributed by atoms with E-state index in [1.807, 2.05) is 6.92 Å². The Bertz CT molecular complexity index is 933. The van der Waals surface area contributed by atoms with Crippen LogP contribution in [0.1, 0.15) is 18.9 Å². The molecule has 0 unspecified atom stereocenters. The zero-order chi connectivity index (χ0) is 20.0. The van der Waals surface area contributed by atoms with E-state index in [0.29, 0.717) is 40.0 Å². The lowest BCUT2D eigenvalue weighted by Gasteiger charge is -2.12. The molecule has 0 aromatic heterocycles. The normalized spacial score (nSPS) is 11.3. The van der Waals surface area contributed by atoms with Crippen LogP contribution in [0, 0.1) is 6.92 Å². The van der Waals surface area contributed by atoms with Crippen LogP contribution >= 0.6 is 23.2 Å². The molecule has 0 spiro atoms. The highest BCUT2D eigenvalue weighted by molar-refractivity contribution is 7.89. The highest BCUT2D eigenvalue weighted by Gasteiger charge is 2.15. The molecule has 0 radical (unpaired) electrons. The van der Waals surface area contributed by atoms with Crippen LogP contribution in [0.3, 0.4) is 0 Å². The van der Waals surface area contributed by atoms with Gasteiger partial charge in [0.25, 0.3) is 5.91 Å². The molecule has 0 fully saturated rings. The second-order valence-electron chi connectivity index (χ2n) is 5.79. The summed E-state index contributed by atoms with van der Waals surface area (Å²) in [5.74, 6) is 0.0155. The number of rotatable bonds is 8. The van der Waals surface area contributed by atoms with Crippen molar-refractivity contribution in [3.63, 3.8) is 0 Å². The van der Waals surface area contributed by atoms with E-state index in [1.54, 1.807) is 19.1 Å². The van der Waals surface area contributed by atoms with Crippen molar-refractivity contribution in [1.82, 2.24) is 4.72 Å². The van der Waals surface area contributed by atoms with Gasteiger partial charge in [0.1, 0.15) is 5.75 Å². The Labute approximate surface area is 168 Å². The van der Waals surface area contributed by atoms with Crippen LogP contribution in [0.15, 0.2) is 41.3 Å². The number of carbonyl (C=O) groups excluding carboxylic acids is 1. The van der Waals surface area contributed by atoms with E-state index in [9.17, 15) is 13.2 Å². The number of amides is 1. The van der Waals surface area contributed by atoms with Crippen LogP contribution in [0.25, 0.3) is 0 Å². The van der Waals surface area contributed by atoms with Crippen molar-refractivity contribution in [1.29, 1.82) is 0 Å². The van der Waals surface area contributed by atoms with Gasteiger partial charge < -0.3 is 10.1 Å². The molecule has 1 amide bonds. The number of nitrogens with one attached hydrogen (secondary N) is 2. The first kappa shape index (κ1) is 21.5. The van der Waals surface area contributed by atoms with Gasteiger partial charge in [0.2, 0.25) is 10.0 Å². The molecular weight excluding hydrogens is 411 g/mol. The molecule has 2 aromatic rings. The molecule has 0 heterocycles. The van der Waals surface area contributed by atoms with Crippen LogP contribution in [-0.2, 0) is 14.8 Å². The molecule has 0 aliphatic carbocycles. The summed E-state index contributed by atoms with van der Waals surface area (Å²) in [7, 11) is -3.55. The zero-order valence-electron chi connectivity index (χ0n) is 14.9. The second-order valence-corrected chi connectivity index (χ2v) is 8.40. The van der Waals surface area contributed by atoms with Gasteiger partial charge in [-0.3, -0.25) is 4.79 Å². The predicted molar refractivity (Wildman–Crippen MR) is 107 cm³/mol. The Morgan fingerprint density at radius 3 is 2.52 bits per heavy atom. The molecule has 6 nitrogen and oxygen atoms in total. The fraction of sp³-hybridized carbons (Fsp3) is 0.278. The Morgan fingerprint density at radius 2 is 1.89 bits per heavy atom. The molecule has 27 heavy (non-hydrogen) atoms. The minimum absolute atomic E-state index is 0.151. The van der Waals surface area contributed by atoms with E-state index >= 15 is 0 Å². The van der Waals surface area contributed by atoms with E-state index in [4.69, 9.17) is 27.9 Å². The Balaban J connectivity index is 2.00. The molecule has 9 heteroatoms. The van der Waals surface area contributed by atoms with Gasteiger partial charge in [-0.05, 0) is 55.3 Å². The van der Waals surface area contributed by atoms with Crippen molar-refractivity contribution in [2.45, 2.75) is 25.2 Å². The average Bonchev–Trinajstić information content (AvgIpc) is 2.61. The molecule has 0 aliphatic heterocycles. The maximum atomic E-state index is 12.1. The number of hydrogen-bond donors (Lipinski definition) is 2. The van der Waals surface area contributed by atoms with Crippen LogP contribution in [0.5, 0.6) is 5.75 Å². The number of sulfonamides is 1. The monoisotopic (exact) mass is 430 g/mol. The van der Waals surface area contributed by atoms with E-state index in [-0.39, 0.29) is 11.5 Å². The third kappa shape index (κ3) is 6.10. The fourth-order valence-electron chi connectivity index (χ4n) is 2.19. The fourth-order valence-corrected chi connectivity index (χ4v) is 3.87. The molecule has 0 saturated heterocycles. The van der Waals surface area contributed by atoms with Crippen molar-refractivity contribution >= 4 is 44.8 Å². The molecule has 146 valence electrons. The summed E-state index contributed by atoms with van der Waals surface area (Å²) in [6, 6.07) is 9.19. The molecule has 0 saturated carbocycles. The topological polar surface area (TPSA) is 84.5 Å². The van der Waals surface area contributed by atoms with E-state index in [2.05, 4.69) is 10.0 Å². The summed E-state index contributed by atoms with van der Waals surface area (Å²) < 4.78 is 32.3. The van der Waals surface area contributed by atoms with Gasteiger partial charge >= 0.3 is 0 Å². The highest BCUT2D eigenvalue weighted by atomic mass is 35.5. The van der Waals surface area contributed by atoms with Crippen molar-refractivity contribution in [3.05, 3.63) is 52.0 Å². The summed E-state index contributed by atoms with van der Waals surface area (Å²) >= 11 is 11.8. The highest BCUT2D eigenvalue weighted by Crippen LogP contribution is 2.25. The van der Waals surface area contributed by atoms with Crippen molar-refractivity contribution in [3.8, 4) is 5.75 Å². The van der Waals surface area contributed by atoms with Crippen molar-refractivity contribution in [2.24, 2.45) is 0 Å². The largest absolute Gasteiger partial charge is 0.483 e. The Hall–Kier alpha value is -1.80. The molecule has 2 N–H and O–H groups in total. The number of benzene rings is 2. The molecule has 0 aliphatic rings. The lowest BCUT2D eigenvalue weighted by atomic mass is 10.2. The molecule has 0 bridgehead atoms. The number of hydrogen-bond acceptors (Lipinski definition) is 4. The van der Waals surface area contributed by atoms with E-state index in [1.165, 1.54) is 24.3 Å². The third-order valence-corrected chi connectivity index (χ3v) is 5.57. The first-order valence-corrected chi connectivity index (χ1v) is 10.4. The summed E-state index contributed by atoms with van der Waals surface area (Å²) in [6.45, 7) is 3.71. The van der Waals surface area contributed by atoms with Gasteiger partial charge in [-0.15, -0.1) is 0 Å². The number of ether oxygens (including phenoxy) is 1. The SMILES string of the molecule is CCCNS(=O)(=O)c1ccc(OCC(=O)Nc2ccc(Cl)cc2Cl)c(C)c1. The number of anilines is 1. The predicted octanol–water partition coefficient (Wildman–Crippen LogP) is 4.01. The maximum absolute atomic E-state index is 12.1. The van der Waals surface area contributed by atoms with Gasteiger partial charge in [0.05, 0.1) is 15.6 Å². The molecule has 0 atom stereocenters. The zero-order valence-corrected chi connectivity index (χ0v) is 17.2.